The first kappa shape index (κ1) is 16.1. The van der Waals surface area contributed by atoms with Crippen LogP contribution in [-0.4, -0.2) is 49.2 Å². The first-order chi connectivity index (χ1) is 11.0. The van der Waals surface area contributed by atoms with Crippen LogP contribution in [0.2, 0.25) is 0 Å². The molecule has 0 saturated carbocycles. The van der Waals surface area contributed by atoms with E-state index in [1.54, 1.807) is 11.8 Å². The SMILES string of the molecule is CCOC(=O)N1CCC2[C@@H](C1)c1cccc(Br)c1N2CC(N)=O. The number of carbonyl (C=O) groups is 2. The fraction of sp³-hybridized carbons (Fsp3) is 0.500. The molecule has 1 aromatic carbocycles. The third-order valence-electron chi connectivity index (χ3n) is 4.53. The normalized spacial score (nSPS) is 22.5. The summed E-state index contributed by atoms with van der Waals surface area (Å²) < 4.78 is 6.08. The fourth-order valence-corrected chi connectivity index (χ4v) is 4.27. The molecule has 1 fully saturated rings. The number of carbonyl (C=O) groups excluding carboxylic acids is 2. The van der Waals surface area contributed by atoms with E-state index < -0.39 is 0 Å². The van der Waals surface area contributed by atoms with Crippen molar-refractivity contribution < 1.29 is 14.3 Å². The maximum atomic E-state index is 12.0. The first-order valence-electron chi connectivity index (χ1n) is 7.78. The quantitative estimate of drug-likeness (QED) is 0.869. The van der Waals surface area contributed by atoms with Gasteiger partial charge in [-0.25, -0.2) is 4.79 Å². The summed E-state index contributed by atoms with van der Waals surface area (Å²) in [6, 6.07) is 6.19. The van der Waals surface area contributed by atoms with Gasteiger partial charge in [0, 0.05) is 29.5 Å². The van der Waals surface area contributed by atoms with Gasteiger partial charge in [-0.1, -0.05) is 12.1 Å². The minimum atomic E-state index is -0.347. The standard InChI is InChI=1S/C16H20BrN3O3/c1-2-23-16(22)19-7-6-13-11(8-19)10-4-3-5-12(17)15(10)20(13)9-14(18)21/h3-5,11,13H,2,6-9H2,1H3,(H2,18,21)/t11-,13?/m0/s1. The summed E-state index contributed by atoms with van der Waals surface area (Å²) in [5.41, 5.74) is 7.61. The van der Waals surface area contributed by atoms with Crippen LogP contribution < -0.4 is 10.6 Å². The molecule has 0 bridgehead atoms. The van der Waals surface area contributed by atoms with Gasteiger partial charge >= 0.3 is 6.09 Å². The molecule has 1 aromatic rings. The number of rotatable bonds is 3. The highest BCUT2D eigenvalue weighted by Crippen LogP contribution is 2.47. The summed E-state index contributed by atoms with van der Waals surface area (Å²) in [7, 11) is 0. The van der Waals surface area contributed by atoms with Crippen molar-refractivity contribution in [1.29, 1.82) is 0 Å². The summed E-state index contributed by atoms with van der Waals surface area (Å²) in [5, 5.41) is 0. The molecule has 6 nitrogen and oxygen atoms in total. The molecule has 2 aliphatic heterocycles. The molecule has 124 valence electrons. The predicted molar refractivity (Wildman–Crippen MR) is 90.4 cm³/mol. The van der Waals surface area contributed by atoms with Crippen molar-refractivity contribution in [2.75, 3.05) is 31.1 Å². The number of primary amides is 1. The van der Waals surface area contributed by atoms with Gasteiger partial charge in [0.2, 0.25) is 5.91 Å². The predicted octanol–water partition coefficient (Wildman–Crippen LogP) is 2.07. The summed E-state index contributed by atoms with van der Waals surface area (Å²) in [5.74, 6) is -0.180. The molecular weight excluding hydrogens is 362 g/mol. The van der Waals surface area contributed by atoms with Crippen LogP contribution in [0.4, 0.5) is 10.5 Å². The number of hydrogen-bond donors (Lipinski definition) is 1. The lowest BCUT2D eigenvalue weighted by atomic mass is 9.89. The van der Waals surface area contributed by atoms with Gasteiger partial charge < -0.3 is 20.3 Å². The molecule has 2 aliphatic rings. The highest BCUT2D eigenvalue weighted by atomic mass is 79.9. The summed E-state index contributed by atoms with van der Waals surface area (Å²) >= 11 is 3.58. The molecule has 0 spiro atoms. The van der Waals surface area contributed by atoms with Crippen LogP contribution in [0.15, 0.2) is 22.7 Å². The Hall–Kier alpha value is -1.76. The van der Waals surface area contributed by atoms with Crippen LogP contribution in [0.5, 0.6) is 0 Å². The smallest absolute Gasteiger partial charge is 0.409 e. The van der Waals surface area contributed by atoms with E-state index in [0.717, 1.165) is 22.1 Å². The van der Waals surface area contributed by atoms with E-state index in [1.807, 2.05) is 12.1 Å². The number of nitrogens with two attached hydrogens (primary N) is 1. The van der Waals surface area contributed by atoms with Crippen LogP contribution in [-0.2, 0) is 9.53 Å². The van der Waals surface area contributed by atoms with E-state index in [4.69, 9.17) is 10.5 Å². The third-order valence-corrected chi connectivity index (χ3v) is 5.17. The molecule has 2 atom stereocenters. The number of benzene rings is 1. The van der Waals surface area contributed by atoms with Crippen molar-refractivity contribution in [3.8, 4) is 0 Å². The van der Waals surface area contributed by atoms with Crippen LogP contribution in [0.25, 0.3) is 0 Å². The van der Waals surface area contributed by atoms with Crippen LogP contribution in [0, 0.1) is 0 Å². The van der Waals surface area contributed by atoms with Crippen molar-refractivity contribution in [2.24, 2.45) is 5.73 Å². The van der Waals surface area contributed by atoms with Gasteiger partial charge in [0.05, 0.1) is 18.8 Å². The molecule has 0 aliphatic carbocycles. The van der Waals surface area contributed by atoms with Crippen molar-refractivity contribution in [3.63, 3.8) is 0 Å². The van der Waals surface area contributed by atoms with E-state index in [2.05, 4.69) is 26.9 Å². The van der Waals surface area contributed by atoms with Gasteiger partial charge in [-0.2, -0.15) is 0 Å². The molecule has 23 heavy (non-hydrogen) atoms. The largest absolute Gasteiger partial charge is 0.450 e. The second-order valence-electron chi connectivity index (χ2n) is 5.88. The van der Waals surface area contributed by atoms with Gasteiger partial charge in [-0.05, 0) is 40.9 Å². The zero-order chi connectivity index (χ0) is 16.6. The number of para-hydroxylation sites is 1. The second-order valence-corrected chi connectivity index (χ2v) is 6.73. The van der Waals surface area contributed by atoms with E-state index in [1.165, 1.54) is 0 Å². The molecule has 0 radical (unpaired) electrons. The number of fused-ring (bicyclic) bond motifs is 3. The Morgan fingerprint density at radius 1 is 1.43 bits per heavy atom. The molecule has 0 aromatic heterocycles. The number of nitrogens with zero attached hydrogens (tertiary/aromatic N) is 2. The monoisotopic (exact) mass is 381 g/mol. The van der Waals surface area contributed by atoms with Gasteiger partial charge in [-0.3, -0.25) is 4.79 Å². The topological polar surface area (TPSA) is 75.9 Å². The Bertz CT molecular complexity index is 637. The fourth-order valence-electron chi connectivity index (χ4n) is 3.66. The molecular formula is C16H20BrN3O3. The first-order valence-corrected chi connectivity index (χ1v) is 8.57. The number of hydrogen-bond acceptors (Lipinski definition) is 4. The number of ether oxygens (including phenoxy) is 1. The van der Waals surface area contributed by atoms with Crippen LogP contribution in [0.3, 0.4) is 0 Å². The Balaban J connectivity index is 1.91. The van der Waals surface area contributed by atoms with E-state index in [9.17, 15) is 9.59 Å². The third kappa shape index (κ3) is 2.89. The molecule has 2 amide bonds. The highest BCUT2D eigenvalue weighted by Gasteiger charge is 2.44. The maximum absolute atomic E-state index is 12.0. The number of anilines is 1. The Morgan fingerprint density at radius 3 is 2.91 bits per heavy atom. The minimum absolute atomic E-state index is 0.167. The maximum Gasteiger partial charge on any atom is 0.409 e. The van der Waals surface area contributed by atoms with Gasteiger partial charge in [0.25, 0.3) is 0 Å². The van der Waals surface area contributed by atoms with Gasteiger partial charge in [0.15, 0.2) is 0 Å². The van der Waals surface area contributed by atoms with E-state index in [-0.39, 0.29) is 30.5 Å². The molecule has 7 heteroatoms. The van der Waals surface area contributed by atoms with Crippen molar-refractivity contribution in [3.05, 3.63) is 28.2 Å². The van der Waals surface area contributed by atoms with Crippen molar-refractivity contribution in [2.45, 2.75) is 25.3 Å². The zero-order valence-corrected chi connectivity index (χ0v) is 14.6. The summed E-state index contributed by atoms with van der Waals surface area (Å²) in [4.78, 5) is 27.4. The lowest BCUT2D eigenvalue weighted by molar-refractivity contribution is -0.116. The molecule has 1 saturated heterocycles. The number of halogens is 1. The Kier molecular flexibility index (Phi) is 4.48. The molecule has 2 heterocycles. The van der Waals surface area contributed by atoms with Crippen molar-refractivity contribution >= 4 is 33.6 Å². The summed E-state index contributed by atoms with van der Waals surface area (Å²) in [6.45, 7) is 3.60. The Labute approximate surface area is 143 Å². The number of piperidine rings is 1. The van der Waals surface area contributed by atoms with Gasteiger partial charge in [0.1, 0.15) is 0 Å². The minimum Gasteiger partial charge on any atom is -0.450 e. The van der Waals surface area contributed by atoms with Crippen LogP contribution >= 0.6 is 15.9 Å². The number of amides is 2. The van der Waals surface area contributed by atoms with Crippen molar-refractivity contribution in [1.82, 2.24) is 4.90 Å². The highest BCUT2D eigenvalue weighted by molar-refractivity contribution is 9.10. The second kappa shape index (κ2) is 6.39. The molecule has 2 N–H and O–H groups in total. The average molecular weight is 382 g/mol. The molecule has 3 rings (SSSR count). The van der Waals surface area contributed by atoms with E-state index >= 15 is 0 Å². The number of likely N-dealkylation sites (tertiary alicyclic amines) is 1. The lowest BCUT2D eigenvalue weighted by Gasteiger charge is -2.38. The van der Waals surface area contributed by atoms with Crippen LogP contribution in [0.1, 0.15) is 24.8 Å². The lowest BCUT2D eigenvalue weighted by Crippen LogP contribution is -2.50. The zero-order valence-electron chi connectivity index (χ0n) is 13.0. The van der Waals surface area contributed by atoms with Gasteiger partial charge in [-0.15, -0.1) is 0 Å². The molecule has 1 unspecified atom stereocenters. The summed E-state index contributed by atoms with van der Waals surface area (Å²) in [6.07, 6.45) is 0.522. The Morgan fingerprint density at radius 2 is 2.22 bits per heavy atom. The van der Waals surface area contributed by atoms with E-state index in [0.29, 0.717) is 19.7 Å². The average Bonchev–Trinajstić information content (AvgIpc) is 2.82.